The van der Waals surface area contributed by atoms with Crippen LogP contribution in [0.1, 0.15) is 106 Å². The van der Waals surface area contributed by atoms with Crippen LogP contribution >= 0.6 is 0 Å². The fourth-order valence-electron chi connectivity index (χ4n) is 3.54. The smallest absolute Gasteiger partial charge is 0.307 e. The first-order valence-electron chi connectivity index (χ1n) is 15.3. The second-order valence-electron chi connectivity index (χ2n) is 10.2. The van der Waals surface area contributed by atoms with Crippen molar-refractivity contribution in [3.05, 3.63) is 83.7 Å². The van der Waals surface area contributed by atoms with E-state index in [4.69, 9.17) is 14.2 Å². The summed E-state index contributed by atoms with van der Waals surface area (Å²) in [6.45, 7) is 10.6. The molecule has 6 nitrogen and oxygen atoms in total. The highest BCUT2D eigenvalue weighted by molar-refractivity contribution is 5.69. The van der Waals surface area contributed by atoms with E-state index in [0.29, 0.717) is 18.4 Å². The zero-order valence-electron chi connectivity index (χ0n) is 27.2. The van der Waals surface area contributed by atoms with Crippen molar-refractivity contribution in [1.82, 2.24) is 0 Å². The molecule has 0 aromatic rings. The van der Waals surface area contributed by atoms with Crippen molar-refractivity contribution >= 4 is 17.9 Å². The van der Waals surface area contributed by atoms with Crippen molar-refractivity contribution in [1.29, 1.82) is 0 Å². The third kappa shape index (κ3) is 26.8. The third-order valence-electron chi connectivity index (χ3n) is 5.74. The Kier molecular flexibility index (Phi) is 24.6. The second kappa shape index (κ2) is 27.0. The normalized spacial score (nSPS) is 12.9. The Labute approximate surface area is 260 Å². The minimum absolute atomic E-state index is 0.0869. The molecule has 0 amide bonds. The van der Waals surface area contributed by atoms with Crippen molar-refractivity contribution in [3.63, 3.8) is 0 Å². The van der Waals surface area contributed by atoms with Crippen LogP contribution in [-0.4, -0.2) is 30.6 Å². The Hall–Kier alpha value is -3.85. The lowest BCUT2D eigenvalue weighted by Crippen LogP contribution is -2.21. The lowest BCUT2D eigenvalue weighted by molar-refractivity contribution is -0.146. The van der Waals surface area contributed by atoms with E-state index in [9.17, 15) is 14.4 Å². The topological polar surface area (TPSA) is 78.9 Å². The van der Waals surface area contributed by atoms with Crippen LogP contribution in [0.5, 0.6) is 0 Å². The number of carbonyl (C=O) groups is 3. The van der Waals surface area contributed by atoms with Crippen molar-refractivity contribution in [2.24, 2.45) is 0 Å². The van der Waals surface area contributed by atoms with Crippen molar-refractivity contribution in [2.75, 3.05) is 6.61 Å². The first-order valence-corrected chi connectivity index (χ1v) is 15.3. The molecule has 1 unspecified atom stereocenters. The summed E-state index contributed by atoms with van der Waals surface area (Å²) in [6, 6.07) is 0. The number of esters is 3. The number of carbonyl (C=O) groups excluding carboxylic acids is 3. The van der Waals surface area contributed by atoms with Crippen LogP contribution in [0, 0.1) is 11.8 Å². The lowest BCUT2D eigenvalue weighted by atomic mass is 10.0. The maximum Gasteiger partial charge on any atom is 0.307 e. The first kappa shape index (κ1) is 39.1. The highest BCUT2D eigenvalue weighted by Crippen LogP contribution is 2.18. The summed E-state index contributed by atoms with van der Waals surface area (Å²) in [5.41, 5.74) is 2.46. The minimum Gasteiger partial charge on any atom is -0.465 e. The summed E-state index contributed by atoms with van der Waals surface area (Å²) in [5, 5.41) is 0. The van der Waals surface area contributed by atoms with Crippen LogP contribution in [0.25, 0.3) is 0 Å². The Morgan fingerprint density at radius 3 is 1.98 bits per heavy atom. The van der Waals surface area contributed by atoms with Crippen LogP contribution in [0.15, 0.2) is 83.7 Å². The van der Waals surface area contributed by atoms with Gasteiger partial charge in [-0.25, -0.2) is 0 Å². The summed E-state index contributed by atoms with van der Waals surface area (Å²) < 4.78 is 16.0. The molecular weight excluding hydrogens is 540 g/mol. The zero-order chi connectivity index (χ0) is 32.1. The Balaban J connectivity index is 4.64. The highest BCUT2D eigenvalue weighted by Gasteiger charge is 2.18. The molecule has 0 N–H and O–H groups in total. The maximum atomic E-state index is 12.3. The van der Waals surface area contributed by atoms with E-state index in [1.807, 2.05) is 32.9 Å². The fourth-order valence-corrected chi connectivity index (χ4v) is 3.54. The van der Waals surface area contributed by atoms with Crippen LogP contribution in [-0.2, 0) is 28.6 Å². The molecule has 0 spiro atoms. The number of ether oxygens (including phenoxy) is 3. The number of unbranched alkanes of at least 4 members (excludes halogenated alkanes) is 2. The second-order valence-corrected chi connectivity index (χ2v) is 10.2. The standard InChI is InChI=1S/C37H52O6/c1-7-8-9-10-11-12-13-14-15-16-17-18-19-20-21-25-37(40)41-29-28-35(30-42-33(5)38)36(43-34(6)39)27-26-32(4)24-22-23-31(2)3/h8-9,11-12,14-15,17-18,23,26,30,36H,7,10,13,16,19-21,25,27-29H2,1-6H3/b9-8+,12-11+,15-14+,18-17+,32-26+,35-30-. The number of rotatable bonds is 20. The molecule has 0 aromatic carbocycles. The quantitative estimate of drug-likeness (QED) is 0.0351. The van der Waals surface area contributed by atoms with E-state index in [2.05, 4.69) is 67.4 Å². The molecule has 0 radical (unpaired) electrons. The molecule has 0 rings (SSSR count). The molecule has 0 aliphatic rings. The Bertz CT molecular complexity index is 1100. The maximum absolute atomic E-state index is 12.3. The number of hydrogen-bond donors (Lipinski definition) is 0. The predicted molar refractivity (Wildman–Crippen MR) is 176 cm³/mol. The van der Waals surface area contributed by atoms with Gasteiger partial charge in [0.25, 0.3) is 0 Å². The van der Waals surface area contributed by atoms with Gasteiger partial charge in [-0.2, -0.15) is 0 Å². The molecule has 1 atom stereocenters. The fraction of sp³-hybridized carbons (Fsp3) is 0.486. The molecule has 0 bridgehead atoms. The van der Waals surface area contributed by atoms with Crippen LogP contribution in [0.3, 0.4) is 0 Å². The van der Waals surface area contributed by atoms with Crippen molar-refractivity contribution < 1.29 is 28.6 Å². The monoisotopic (exact) mass is 592 g/mol. The zero-order valence-corrected chi connectivity index (χ0v) is 27.2. The Morgan fingerprint density at radius 1 is 0.767 bits per heavy atom. The first-order chi connectivity index (χ1) is 20.6. The van der Waals surface area contributed by atoms with Crippen LogP contribution in [0.2, 0.25) is 0 Å². The lowest BCUT2D eigenvalue weighted by Gasteiger charge is -2.19. The molecule has 43 heavy (non-hydrogen) atoms. The van der Waals surface area contributed by atoms with Crippen LogP contribution < -0.4 is 0 Å². The number of allylic oxidation sites excluding steroid dienone is 11. The van der Waals surface area contributed by atoms with Gasteiger partial charge in [0, 0.05) is 38.7 Å². The van der Waals surface area contributed by atoms with Gasteiger partial charge in [0.15, 0.2) is 0 Å². The van der Waals surface area contributed by atoms with Gasteiger partial charge in [-0.05, 0) is 77.4 Å². The SMILES string of the molecule is CC/C=C/C/C=C/C/C=C/C/C=C/CCCCC(=O)OCC/C(=C/OC(C)=O)C(C/C=C(\C)C#CC=C(C)C)OC(C)=O. The molecule has 6 heteroatoms. The molecule has 0 heterocycles. The van der Waals surface area contributed by atoms with E-state index < -0.39 is 18.0 Å². The summed E-state index contributed by atoms with van der Waals surface area (Å²) in [7, 11) is 0. The van der Waals surface area contributed by atoms with Crippen molar-refractivity contribution in [3.8, 4) is 11.8 Å². The van der Waals surface area contributed by atoms with E-state index in [1.54, 1.807) is 0 Å². The molecule has 0 aromatic heterocycles. The average Bonchev–Trinajstić information content (AvgIpc) is 2.94. The van der Waals surface area contributed by atoms with Gasteiger partial charge >= 0.3 is 17.9 Å². The largest absolute Gasteiger partial charge is 0.465 e. The van der Waals surface area contributed by atoms with Gasteiger partial charge in [0.1, 0.15) is 6.10 Å². The number of hydrogen-bond acceptors (Lipinski definition) is 6. The minimum atomic E-state index is -0.679. The van der Waals surface area contributed by atoms with Crippen LogP contribution in [0.4, 0.5) is 0 Å². The summed E-state index contributed by atoms with van der Waals surface area (Å²) in [6.07, 6.45) is 29.0. The van der Waals surface area contributed by atoms with E-state index in [0.717, 1.165) is 56.1 Å². The molecule has 0 aliphatic heterocycles. The summed E-state index contributed by atoms with van der Waals surface area (Å²) >= 11 is 0. The van der Waals surface area contributed by atoms with Gasteiger partial charge < -0.3 is 14.2 Å². The molecule has 236 valence electrons. The average molecular weight is 593 g/mol. The predicted octanol–water partition coefficient (Wildman–Crippen LogP) is 8.97. The van der Waals surface area contributed by atoms with Gasteiger partial charge in [-0.15, -0.1) is 0 Å². The van der Waals surface area contributed by atoms with E-state index >= 15 is 0 Å². The summed E-state index contributed by atoms with van der Waals surface area (Å²) in [4.78, 5) is 35.5. The molecule has 0 saturated carbocycles. The van der Waals surface area contributed by atoms with Gasteiger partial charge in [-0.3, -0.25) is 14.4 Å². The third-order valence-corrected chi connectivity index (χ3v) is 5.74. The van der Waals surface area contributed by atoms with E-state index in [-0.39, 0.29) is 19.0 Å². The summed E-state index contributed by atoms with van der Waals surface area (Å²) in [5.74, 6) is 4.76. The molecule has 0 aliphatic carbocycles. The Morgan fingerprint density at radius 2 is 1.40 bits per heavy atom. The van der Waals surface area contributed by atoms with Gasteiger partial charge in [-0.1, -0.05) is 79.0 Å². The molecule has 0 fully saturated rings. The van der Waals surface area contributed by atoms with Crippen molar-refractivity contribution in [2.45, 2.75) is 112 Å². The molecule has 0 saturated heterocycles. The molecular formula is C37H52O6. The highest BCUT2D eigenvalue weighted by atomic mass is 16.6. The van der Waals surface area contributed by atoms with E-state index in [1.165, 1.54) is 20.1 Å². The van der Waals surface area contributed by atoms with Gasteiger partial charge in [0.2, 0.25) is 0 Å². The van der Waals surface area contributed by atoms with Gasteiger partial charge in [0.05, 0.1) is 12.9 Å².